The molecule has 0 saturated carbocycles. The summed E-state index contributed by atoms with van der Waals surface area (Å²) in [6.07, 6.45) is 7.99. The highest BCUT2D eigenvalue weighted by Crippen LogP contribution is 2.24. The number of cyclic esters (lactones) is 1. The summed E-state index contributed by atoms with van der Waals surface area (Å²) in [4.78, 5) is 13.5. The van der Waals surface area contributed by atoms with Crippen molar-refractivity contribution in [1.29, 1.82) is 0 Å². The molecular formula is C15H21BrO4. The minimum absolute atomic E-state index is 0.0593. The minimum atomic E-state index is -0.224. The molecule has 2 aliphatic heterocycles. The van der Waals surface area contributed by atoms with Gasteiger partial charge in [0.1, 0.15) is 6.10 Å². The molecule has 0 aromatic heterocycles. The van der Waals surface area contributed by atoms with Crippen LogP contribution in [0.4, 0.5) is 0 Å². The van der Waals surface area contributed by atoms with E-state index in [-0.39, 0.29) is 24.5 Å². The van der Waals surface area contributed by atoms with Gasteiger partial charge >= 0.3 is 5.97 Å². The zero-order chi connectivity index (χ0) is 14.4. The Labute approximate surface area is 128 Å². The van der Waals surface area contributed by atoms with E-state index in [2.05, 4.69) is 15.9 Å². The third-order valence-electron chi connectivity index (χ3n) is 3.41. The second-order valence-electron chi connectivity index (χ2n) is 5.16. The van der Waals surface area contributed by atoms with Crippen molar-refractivity contribution >= 4 is 21.9 Å². The highest BCUT2D eigenvalue weighted by Gasteiger charge is 2.27. The summed E-state index contributed by atoms with van der Waals surface area (Å²) in [5, 5.41) is 0. The fourth-order valence-electron chi connectivity index (χ4n) is 2.45. The van der Waals surface area contributed by atoms with Gasteiger partial charge in [0.05, 0.1) is 6.10 Å². The summed E-state index contributed by atoms with van der Waals surface area (Å²) in [6, 6.07) is 0. The van der Waals surface area contributed by atoms with Crippen LogP contribution in [0.2, 0.25) is 0 Å². The highest BCUT2D eigenvalue weighted by atomic mass is 79.9. The molecular weight excluding hydrogens is 324 g/mol. The number of carbonyl (C=O) groups is 1. The van der Waals surface area contributed by atoms with Gasteiger partial charge in [0.15, 0.2) is 6.29 Å². The molecule has 1 saturated heterocycles. The Balaban J connectivity index is 1.92. The smallest absolute Gasteiger partial charge is 0.334 e. The van der Waals surface area contributed by atoms with Crippen molar-refractivity contribution in [3.8, 4) is 0 Å². The molecule has 3 atom stereocenters. The van der Waals surface area contributed by atoms with Crippen molar-refractivity contribution in [2.75, 3.05) is 6.61 Å². The predicted molar refractivity (Wildman–Crippen MR) is 79.4 cm³/mol. The van der Waals surface area contributed by atoms with Crippen LogP contribution in [0.1, 0.15) is 39.0 Å². The second-order valence-corrected chi connectivity index (χ2v) is 5.69. The van der Waals surface area contributed by atoms with Crippen LogP contribution >= 0.6 is 15.9 Å². The first-order valence-corrected chi connectivity index (χ1v) is 8.04. The van der Waals surface area contributed by atoms with Gasteiger partial charge in [-0.25, -0.2) is 4.79 Å². The first-order valence-electron chi connectivity index (χ1n) is 7.13. The molecule has 5 heteroatoms. The summed E-state index contributed by atoms with van der Waals surface area (Å²) in [5.74, 6) is -0.224. The van der Waals surface area contributed by atoms with E-state index in [1.807, 2.05) is 24.1 Å². The third kappa shape index (κ3) is 4.72. The van der Waals surface area contributed by atoms with E-state index in [0.717, 1.165) is 32.3 Å². The predicted octanol–water partition coefficient (Wildman–Crippen LogP) is 3.46. The average Bonchev–Trinajstić information content (AvgIpc) is 2.75. The standard InChI is InChI=1S/C15H21BrO4/c1-11-9-12(15(17)19-11)10-13(5-4-7-16)20-14-6-2-3-8-18-14/h4,7,9,11,13-14H,2-3,5-6,8,10H2,1H3/b7-4+/t11-,13+,14?/m0/s1. The molecule has 2 rings (SSSR count). The maximum absolute atomic E-state index is 11.7. The minimum Gasteiger partial charge on any atom is -0.455 e. The van der Waals surface area contributed by atoms with Gasteiger partial charge in [0.25, 0.3) is 0 Å². The van der Waals surface area contributed by atoms with Crippen molar-refractivity contribution < 1.29 is 19.0 Å². The monoisotopic (exact) mass is 344 g/mol. The van der Waals surface area contributed by atoms with E-state index in [0.29, 0.717) is 12.0 Å². The van der Waals surface area contributed by atoms with E-state index in [4.69, 9.17) is 14.2 Å². The Hall–Kier alpha value is -0.650. The zero-order valence-electron chi connectivity index (χ0n) is 11.7. The lowest BCUT2D eigenvalue weighted by atomic mass is 10.1. The molecule has 0 aromatic rings. The van der Waals surface area contributed by atoms with Crippen LogP contribution in [-0.2, 0) is 19.0 Å². The molecule has 1 unspecified atom stereocenters. The van der Waals surface area contributed by atoms with Gasteiger partial charge in [-0.05, 0) is 43.7 Å². The molecule has 0 spiro atoms. The second kappa shape index (κ2) is 7.96. The Morgan fingerprint density at radius 3 is 3.00 bits per heavy atom. The lowest BCUT2D eigenvalue weighted by Gasteiger charge is -2.27. The van der Waals surface area contributed by atoms with Crippen LogP contribution in [0.25, 0.3) is 0 Å². The number of halogens is 1. The summed E-state index contributed by atoms with van der Waals surface area (Å²) >= 11 is 3.26. The van der Waals surface area contributed by atoms with Gasteiger partial charge in [-0.1, -0.05) is 22.0 Å². The van der Waals surface area contributed by atoms with Crippen molar-refractivity contribution in [3.63, 3.8) is 0 Å². The van der Waals surface area contributed by atoms with Gasteiger partial charge in [-0.2, -0.15) is 0 Å². The molecule has 0 aliphatic carbocycles. The Morgan fingerprint density at radius 2 is 2.40 bits per heavy atom. The molecule has 1 fully saturated rings. The Kier molecular flexibility index (Phi) is 6.26. The first-order chi connectivity index (χ1) is 9.69. The summed E-state index contributed by atoms with van der Waals surface area (Å²) in [7, 11) is 0. The molecule has 0 amide bonds. The number of hydrogen-bond acceptors (Lipinski definition) is 4. The maximum atomic E-state index is 11.7. The quantitative estimate of drug-likeness (QED) is 0.692. The van der Waals surface area contributed by atoms with Gasteiger partial charge in [-0.3, -0.25) is 0 Å². The van der Waals surface area contributed by atoms with Crippen LogP contribution < -0.4 is 0 Å². The molecule has 112 valence electrons. The molecule has 0 N–H and O–H groups in total. The summed E-state index contributed by atoms with van der Waals surface area (Å²) < 4.78 is 16.7. The lowest BCUT2D eigenvalue weighted by molar-refractivity contribution is -0.187. The fraction of sp³-hybridized carbons (Fsp3) is 0.667. The number of carbonyl (C=O) groups excluding carboxylic acids is 1. The normalized spacial score (nSPS) is 28.5. The molecule has 0 bridgehead atoms. The Morgan fingerprint density at radius 1 is 1.55 bits per heavy atom. The zero-order valence-corrected chi connectivity index (χ0v) is 13.3. The molecule has 0 aromatic carbocycles. The largest absolute Gasteiger partial charge is 0.455 e. The van der Waals surface area contributed by atoms with Crippen molar-refractivity contribution in [3.05, 3.63) is 22.7 Å². The Bertz CT molecular complexity index is 385. The lowest BCUT2D eigenvalue weighted by Crippen LogP contribution is -2.28. The van der Waals surface area contributed by atoms with Crippen LogP contribution in [0, 0.1) is 0 Å². The number of ether oxygens (including phenoxy) is 3. The van der Waals surface area contributed by atoms with E-state index < -0.39 is 0 Å². The third-order valence-corrected chi connectivity index (χ3v) is 3.78. The molecule has 2 heterocycles. The summed E-state index contributed by atoms with van der Waals surface area (Å²) in [5.41, 5.74) is 0.710. The van der Waals surface area contributed by atoms with Crippen LogP contribution in [0.15, 0.2) is 22.7 Å². The fourth-order valence-corrected chi connectivity index (χ4v) is 2.67. The van der Waals surface area contributed by atoms with Gasteiger partial charge < -0.3 is 14.2 Å². The molecule has 2 aliphatic rings. The topological polar surface area (TPSA) is 44.8 Å². The van der Waals surface area contributed by atoms with Crippen LogP contribution in [0.5, 0.6) is 0 Å². The maximum Gasteiger partial charge on any atom is 0.334 e. The van der Waals surface area contributed by atoms with Gasteiger partial charge in [0.2, 0.25) is 0 Å². The van der Waals surface area contributed by atoms with E-state index >= 15 is 0 Å². The number of esters is 1. The molecule has 0 radical (unpaired) electrons. The van der Waals surface area contributed by atoms with Crippen molar-refractivity contribution in [1.82, 2.24) is 0 Å². The van der Waals surface area contributed by atoms with E-state index in [1.54, 1.807) is 0 Å². The summed E-state index contributed by atoms with van der Waals surface area (Å²) in [6.45, 7) is 2.62. The molecule has 4 nitrogen and oxygen atoms in total. The molecule has 20 heavy (non-hydrogen) atoms. The van der Waals surface area contributed by atoms with Crippen molar-refractivity contribution in [2.24, 2.45) is 0 Å². The van der Waals surface area contributed by atoms with Gasteiger partial charge in [-0.15, -0.1) is 0 Å². The number of hydrogen-bond donors (Lipinski definition) is 0. The van der Waals surface area contributed by atoms with Crippen LogP contribution in [0.3, 0.4) is 0 Å². The average molecular weight is 345 g/mol. The highest BCUT2D eigenvalue weighted by molar-refractivity contribution is 9.11. The first kappa shape index (κ1) is 15.7. The van der Waals surface area contributed by atoms with E-state index in [1.165, 1.54) is 0 Å². The van der Waals surface area contributed by atoms with E-state index in [9.17, 15) is 4.79 Å². The number of rotatable bonds is 6. The van der Waals surface area contributed by atoms with Crippen molar-refractivity contribution in [2.45, 2.75) is 57.5 Å². The van der Waals surface area contributed by atoms with Crippen LogP contribution in [-0.4, -0.2) is 31.1 Å². The SMILES string of the molecule is C[C@H]1C=C(C[C@@H](C/C=C/Br)OC2CCCCO2)C(=O)O1. The van der Waals surface area contributed by atoms with Gasteiger partial charge in [0, 0.05) is 18.6 Å².